The van der Waals surface area contributed by atoms with Crippen LogP contribution in [0, 0.1) is 0 Å². The fourth-order valence-electron chi connectivity index (χ4n) is 3.11. The lowest BCUT2D eigenvalue weighted by Gasteiger charge is -2.13. The molecule has 0 aliphatic rings. The molecule has 176 valence electrons. The van der Waals surface area contributed by atoms with E-state index in [-0.39, 0.29) is 16.9 Å². The number of rotatable bonds is 9. The number of nitrogens with one attached hydrogen (secondary N) is 3. The van der Waals surface area contributed by atoms with Gasteiger partial charge in [-0.2, -0.15) is 0 Å². The summed E-state index contributed by atoms with van der Waals surface area (Å²) in [6.45, 7) is 2.48. The molecule has 0 heterocycles. The van der Waals surface area contributed by atoms with Crippen LogP contribution in [0.25, 0.3) is 0 Å². The quantitative estimate of drug-likeness (QED) is 0.326. The van der Waals surface area contributed by atoms with E-state index in [9.17, 15) is 9.59 Å². The van der Waals surface area contributed by atoms with Gasteiger partial charge in [-0.05, 0) is 66.7 Å². The highest BCUT2D eigenvalue weighted by atomic mass is 35.5. The zero-order valence-corrected chi connectivity index (χ0v) is 20.3. The number of ether oxygens (including phenoxy) is 1. The van der Waals surface area contributed by atoms with Crippen molar-refractivity contribution in [1.82, 2.24) is 5.32 Å². The van der Waals surface area contributed by atoms with Crippen LogP contribution in [0.15, 0.2) is 72.8 Å². The third-order valence-corrected chi connectivity index (χ3v) is 5.35. The van der Waals surface area contributed by atoms with Crippen LogP contribution in [0.2, 0.25) is 5.02 Å². The topological polar surface area (TPSA) is 79.5 Å². The summed E-state index contributed by atoms with van der Waals surface area (Å²) in [5.41, 5.74) is 2.70. The number of hydrogen-bond donors (Lipinski definition) is 3. The van der Waals surface area contributed by atoms with E-state index in [4.69, 9.17) is 28.6 Å². The van der Waals surface area contributed by atoms with Gasteiger partial charge in [0.05, 0.1) is 17.3 Å². The average molecular weight is 496 g/mol. The van der Waals surface area contributed by atoms with Gasteiger partial charge in [0.15, 0.2) is 5.11 Å². The number of anilines is 2. The van der Waals surface area contributed by atoms with Gasteiger partial charge in [0.1, 0.15) is 5.75 Å². The van der Waals surface area contributed by atoms with E-state index >= 15 is 0 Å². The Morgan fingerprint density at radius 1 is 0.971 bits per heavy atom. The fourth-order valence-corrected chi connectivity index (χ4v) is 3.48. The highest BCUT2D eigenvalue weighted by Crippen LogP contribution is 2.25. The zero-order chi connectivity index (χ0) is 24.3. The van der Waals surface area contributed by atoms with Crippen LogP contribution < -0.4 is 20.7 Å². The van der Waals surface area contributed by atoms with Crippen LogP contribution >= 0.6 is 23.8 Å². The van der Waals surface area contributed by atoms with Gasteiger partial charge >= 0.3 is 0 Å². The third-order valence-electron chi connectivity index (χ3n) is 4.82. The van der Waals surface area contributed by atoms with E-state index in [2.05, 4.69) is 28.1 Å². The molecule has 3 rings (SSSR count). The maximum atomic E-state index is 12.6. The molecule has 0 saturated carbocycles. The summed E-state index contributed by atoms with van der Waals surface area (Å²) in [4.78, 5) is 24.4. The van der Waals surface area contributed by atoms with Crippen molar-refractivity contribution in [3.05, 3.63) is 88.9 Å². The Hall–Kier alpha value is -3.42. The van der Waals surface area contributed by atoms with E-state index in [1.807, 2.05) is 25.1 Å². The van der Waals surface area contributed by atoms with Crippen molar-refractivity contribution in [2.24, 2.45) is 0 Å². The second-order valence-corrected chi connectivity index (χ2v) is 8.32. The minimum atomic E-state index is -0.364. The van der Waals surface area contributed by atoms with Gasteiger partial charge in [-0.3, -0.25) is 14.9 Å². The van der Waals surface area contributed by atoms with Gasteiger partial charge in [0.25, 0.3) is 5.91 Å². The Bertz CT molecular complexity index is 1140. The lowest BCUT2D eigenvalue weighted by molar-refractivity contribution is -0.116. The number of thiocarbonyl (C=S) groups is 1. The van der Waals surface area contributed by atoms with Crippen molar-refractivity contribution in [3.63, 3.8) is 0 Å². The van der Waals surface area contributed by atoms with E-state index in [0.29, 0.717) is 40.7 Å². The number of carbonyl (C=O) groups excluding carboxylic acids is 2. The lowest BCUT2D eigenvalue weighted by atomic mass is 10.2. The summed E-state index contributed by atoms with van der Waals surface area (Å²) < 4.78 is 5.76. The van der Waals surface area contributed by atoms with Crippen LogP contribution in [0.1, 0.15) is 35.7 Å². The Balaban J connectivity index is 1.51. The van der Waals surface area contributed by atoms with Gasteiger partial charge in [0.2, 0.25) is 5.91 Å². The predicted octanol–water partition coefficient (Wildman–Crippen LogP) is 5.83. The standard InChI is InChI=1S/C26H26ClN3O3S/c1-2-6-24(31)28-20-11-14-22(27)23(17-20)29-26(34)30-25(32)19-9-12-21(13-10-19)33-16-15-18-7-4-3-5-8-18/h3-5,7-14,17H,2,6,15-16H2,1H3,(H,28,31)(H2,29,30,32,34). The summed E-state index contributed by atoms with van der Waals surface area (Å²) >= 11 is 11.5. The summed E-state index contributed by atoms with van der Waals surface area (Å²) in [7, 11) is 0. The van der Waals surface area contributed by atoms with Crippen LogP contribution in [-0.4, -0.2) is 23.5 Å². The van der Waals surface area contributed by atoms with Crippen molar-refractivity contribution < 1.29 is 14.3 Å². The minimum Gasteiger partial charge on any atom is -0.493 e. The first-order valence-corrected chi connectivity index (χ1v) is 11.7. The van der Waals surface area contributed by atoms with Gasteiger partial charge in [0, 0.05) is 24.1 Å². The molecule has 0 radical (unpaired) electrons. The fraction of sp³-hybridized carbons (Fsp3) is 0.192. The number of carbonyl (C=O) groups is 2. The highest BCUT2D eigenvalue weighted by Gasteiger charge is 2.11. The third kappa shape index (κ3) is 7.86. The van der Waals surface area contributed by atoms with Crippen molar-refractivity contribution in [2.75, 3.05) is 17.2 Å². The zero-order valence-electron chi connectivity index (χ0n) is 18.8. The molecule has 34 heavy (non-hydrogen) atoms. The monoisotopic (exact) mass is 495 g/mol. The molecule has 0 fully saturated rings. The molecule has 0 bridgehead atoms. The Morgan fingerprint density at radius 2 is 1.71 bits per heavy atom. The first-order chi connectivity index (χ1) is 16.4. The van der Waals surface area contributed by atoms with Crippen molar-refractivity contribution in [1.29, 1.82) is 0 Å². The molecule has 0 aromatic heterocycles. The van der Waals surface area contributed by atoms with Gasteiger partial charge in [-0.25, -0.2) is 0 Å². The molecule has 0 spiro atoms. The van der Waals surface area contributed by atoms with Crippen molar-refractivity contribution in [3.8, 4) is 5.75 Å². The molecule has 3 aromatic carbocycles. The van der Waals surface area contributed by atoms with Crippen LogP contribution in [-0.2, 0) is 11.2 Å². The van der Waals surface area contributed by atoms with Crippen molar-refractivity contribution in [2.45, 2.75) is 26.2 Å². The second-order valence-electron chi connectivity index (χ2n) is 7.51. The van der Waals surface area contributed by atoms with Gasteiger partial charge in [-0.15, -0.1) is 0 Å². The number of halogens is 1. The van der Waals surface area contributed by atoms with Crippen LogP contribution in [0.5, 0.6) is 5.75 Å². The normalized spacial score (nSPS) is 10.3. The molecule has 0 saturated heterocycles. The van der Waals surface area contributed by atoms with E-state index in [1.165, 1.54) is 5.56 Å². The first kappa shape index (κ1) is 25.2. The Morgan fingerprint density at radius 3 is 2.41 bits per heavy atom. The molecule has 3 N–H and O–H groups in total. The Labute approximate surface area is 209 Å². The molecule has 3 aromatic rings. The van der Waals surface area contributed by atoms with E-state index in [1.54, 1.807) is 42.5 Å². The van der Waals surface area contributed by atoms with E-state index in [0.717, 1.165) is 12.8 Å². The first-order valence-electron chi connectivity index (χ1n) is 10.9. The average Bonchev–Trinajstić information content (AvgIpc) is 2.82. The molecule has 0 aliphatic carbocycles. The number of amides is 2. The molecular formula is C26H26ClN3O3S. The molecule has 0 atom stereocenters. The highest BCUT2D eigenvalue weighted by molar-refractivity contribution is 7.80. The van der Waals surface area contributed by atoms with E-state index < -0.39 is 0 Å². The summed E-state index contributed by atoms with van der Waals surface area (Å²) in [6, 6.07) is 21.9. The maximum Gasteiger partial charge on any atom is 0.257 e. The van der Waals surface area contributed by atoms with Crippen LogP contribution in [0.3, 0.4) is 0 Å². The molecule has 0 unspecified atom stereocenters. The molecule has 2 amide bonds. The number of hydrogen-bond acceptors (Lipinski definition) is 4. The smallest absolute Gasteiger partial charge is 0.257 e. The second kappa shape index (κ2) is 12.7. The summed E-state index contributed by atoms with van der Waals surface area (Å²) in [5.74, 6) is 0.234. The molecular weight excluding hydrogens is 470 g/mol. The van der Waals surface area contributed by atoms with Crippen LogP contribution in [0.4, 0.5) is 11.4 Å². The summed E-state index contributed by atoms with van der Waals surface area (Å²) in [6.07, 6.45) is 1.98. The maximum absolute atomic E-state index is 12.6. The largest absolute Gasteiger partial charge is 0.493 e. The minimum absolute atomic E-state index is 0.0841. The van der Waals surface area contributed by atoms with Crippen molar-refractivity contribution >= 4 is 52.1 Å². The predicted molar refractivity (Wildman–Crippen MR) is 141 cm³/mol. The molecule has 8 heteroatoms. The number of benzene rings is 3. The molecule has 0 aliphatic heterocycles. The van der Waals surface area contributed by atoms with Gasteiger partial charge in [-0.1, -0.05) is 48.9 Å². The SMILES string of the molecule is CCCC(=O)Nc1ccc(Cl)c(NC(=S)NC(=O)c2ccc(OCCc3ccccc3)cc2)c1. The van der Waals surface area contributed by atoms with Gasteiger partial charge < -0.3 is 15.4 Å². The Kier molecular flexibility index (Phi) is 9.43. The molecule has 6 nitrogen and oxygen atoms in total. The lowest BCUT2D eigenvalue weighted by Crippen LogP contribution is -2.34. The summed E-state index contributed by atoms with van der Waals surface area (Å²) in [5, 5.41) is 8.83.